The normalized spacial score (nSPS) is 14.4. The molecule has 0 spiro atoms. The zero-order valence-electron chi connectivity index (χ0n) is 17.2. The van der Waals surface area contributed by atoms with E-state index < -0.39 is 0 Å². The second-order valence-corrected chi connectivity index (χ2v) is 8.70. The Kier molecular flexibility index (Phi) is 5.78. The van der Waals surface area contributed by atoms with E-state index in [-0.39, 0.29) is 5.91 Å². The van der Waals surface area contributed by atoms with E-state index in [1.807, 2.05) is 31.2 Å². The van der Waals surface area contributed by atoms with Gasteiger partial charge in [0.05, 0.1) is 11.9 Å². The van der Waals surface area contributed by atoms with Crippen molar-refractivity contribution in [3.8, 4) is 0 Å². The minimum atomic E-state index is -0.0683. The van der Waals surface area contributed by atoms with Gasteiger partial charge in [-0.15, -0.1) is 11.3 Å². The minimum absolute atomic E-state index is 0.0683. The van der Waals surface area contributed by atoms with Crippen LogP contribution >= 0.6 is 11.3 Å². The van der Waals surface area contributed by atoms with Crippen LogP contribution in [0.1, 0.15) is 46.4 Å². The van der Waals surface area contributed by atoms with Crippen LogP contribution in [0.25, 0.3) is 10.2 Å². The van der Waals surface area contributed by atoms with Crippen LogP contribution in [-0.2, 0) is 6.54 Å². The van der Waals surface area contributed by atoms with Gasteiger partial charge in [-0.2, -0.15) is 0 Å². The molecule has 0 atom stereocenters. The molecule has 1 aliphatic rings. The molecule has 0 radical (unpaired) electrons. The van der Waals surface area contributed by atoms with Gasteiger partial charge in [0.25, 0.3) is 5.91 Å². The highest BCUT2D eigenvalue weighted by Gasteiger charge is 2.18. The summed E-state index contributed by atoms with van der Waals surface area (Å²) in [6.45, 7) is 9.77. The Morgan fingerprint density at radius 2 is 2.00 bits per heavy atom. The lowest BCUT2D eigenvalue weighted by Gasteiger charge is -2.15. The molecule has 1 saturated heterocycles. The molecule has 2 aromatic heterocycles. The van der Waals surface area contributed by atoms with Crippen molar-refractivity contribution in [1.29, 1.82) is 0 Å². The largest absolute Gasteiger partial charge is 0.352 e. The lowest BCUT2D eigenvalue weighted by Crippen LogP contribution is -2.22. The fraction of sp³-hybridized carbons (Fsp3) is 0.409. The average molecular weight is 410 g/mol. The molecule has 1 amide bonds. The van der Waals surface area contributed by atoms with Gasteiger partial charge < -0.3 is 10.6 Å². The van der Waals surface area contributed by atoms with Crippen LogP contribution in [0.4, 0.5) is 11.5 Å². The average Bonchev–Trinajstić information content (AvgIpc) is 3.30. The Morgan fingerprint density at radius 3 is 2.76 bits per heavy atom. The highest BCUT2D eigenvalue weighted by atomic mass is 32.1. The number of nitrogens with one attached hydrogen (secondary N) is 2. The molecule has 2 N–H and O–H groups in total. The van der Waals surface area contributed by atoms with Crippen molar-refractivity contribution in [1.82, 2.24) is 20.2 Å². The molecule has 1 aromatic carbocycles. The van der Waals surface area contributed by atoms with Crippen LogP contribution in [0.2, 0.25) is 0 Å². The van der Waals surface area contributed by atoms with Crippen LogP contribution in [0.5, 0.6) is 0 Å². The van der Waals surface area contributed by atoms with Crippen LogP contribution in [-0.4, -0.2) is 40.4 Å². The van der Waals surface area contributed by atoms with Crippen LogP contribution in [0, 0.1) is 13.8 Å². The Balaban J connectivity index is 1.70. The second-order valence-electron chi connectivity index (χ2n) is 7.50. The SMILES string of the molecule is CCNC(=O)c1cccc(Nc2nc(CN3CCCC3)nc3sc(C)c(C)c23)c1. The van der Waals surface area contributed by atoms with Crippen LogP contribution in [0.3, 0.4) is 0 Å². The number of amides is 1. The molecule has 3 aromatic rings. The summed E-state index contributed by atoms with van der Waals surface area (Å²) in [5.74, 6) is 1.60. The zero-order chi connectivity index (χ0) is 20.4. The van der Waals surface area contributed by atoms with E-state index in [2.05, 4.69) is 29.4 Å². The molecule has 1 fully saturated rings. The summed E-state index contributed by atoms with van der Waals surface area (Å²) in [6.07, 6.45) is 2.49. The van der Waals surface area contributed by atoms with E-state index in [1.165, 1.54) is 23.3 Å². The summed E-state index contributed by atoms with van der Waals surface area (Å²) in [5.41, 5.74) is 2.70. The first-order valence-electron chi connectivity index (χ1n) is 10.2. The summed E-state index contributed by atoms with van der Waals surface area (Å²) in [7, 11) is 0. The highest BCUT2D eigenvalue weighted by Crippen LogP contribution is 2.35. The Bertz CT molecular complexity index is 1040. The van der Waals surface area contributed by atoms with E-state index in [0.29, 0.717) is 12.1 Å². The molecule has 0 saturated carbocycles. The van der Waals surface area contributed by atoms with E-state index in [4.69, 9.17) is 9.97 Å². The maximum atomic E-state index is 12.2. The number of aromatic nitrogens is 2. The molecule has 1 aliphatic heterocycles. The monoisotopic (exact) mass is 409 g/mol. The van der Waals surface area contributed by atoms with Crippen LogP contribution < -0.4 is 10.6 Å². The van der Waals surface area contributed by atoms with Crippen LogP contribution in [0.15, 0.2) is 24.3 Å². The maximum absolute atomic E-state index is 12.2. The Hall–Kier alpha value is -2.51. The van der Waals surface area contributed by atoms with Crippen molar-refractivity contribution in [3.63, 3.8) is 0 Å². The molecule has 0 aliphatic carbocycles. The van der Waals surface area contributed by atoms with Crippen molar-refractivity contribution in [3.05, 3.63) is 46.1 Å². The minimum Gasteiger partial charge on any atom is -0.352 e. The zero-order valence-corrected chi connectivity index (χ0v) is 18.0. The second kappa shape index (κ2) is 8.47. The number of thiophene rings is 1. The summed E-state index contributed by atoms with van der Waals surface area (Å²) in [5, 5.41) is 7.38. The summed E-state index contributed by atoms with van der Waals surface area (Å²) >= 11 is 1.72. The number of carbonyl (C=O) groups excluding carboxylic acids is 1. The van der Waals surface area contributed by atoms with Gasteiger partial charge in [0, 0.05) is 22.7 Å². The topological polar surface area (TPSA) is 70.2 Å². The highest BCUT2D eigenvalue weighted by molar-refractivity contribution is 7.18. The number of carbonyl (C=O) groups is 1. The number of hydrogen-bond acceptors (Lipinski definition) is 6. The molecule has 6 nitrogen and oxygen atoms in total. The van der Waals surface area contributed by atoms with E-state index in [1.54, 1.807) is 11.3 Å². The van der Waals surface area contributed by atoms with Gasteiger partial charge in [-0.1, -0.05) is 6.07 Å². The van der Waals surface area contributed by atoms with Crippen molar-refractivity contribution in [2.45, 2.75) is 40.2 Å². The van der Waals surface area contributed by atoms with Crippen molar-refractivity contribution < 1.29 is 4.79 Å². The van der Waals surface area contributed by atoms with E-state index in [9.17, 15) is 4.79 Å². The molecule has 0 bridgehead atoms. The quantitative estimate of drug-likeness (QED) is 0.632. The third-order valence-electron chi connectivity index (χ3n) is 5.36. The fourth-order valence-corrected chi connectivity index (χ4v) is 4.78. The molecule has 7 heteroatoms. The smallest absolute Gasteiger partial charge is 0.251 e. The first-order valence-corrected chi connectivity index (χ1v) is 11.0. The number of nitrogens with zero attached hydrogens (tertiary/aromatic N) is 3. The Labute approximate surface area is 175 Å². The van der Waals surface area contributed by atoms with Crippen molar-refractivity contribution >= 4 is 39.0 Å². The van der Waals surface area contributed by atoms with Gasteiger partial charge in [-0.05, 0) is 70.5 Å². The van der Waals surface area contributed by atoms with E-state index in [0.717, 1.165) is 47.2 Å². The lowest BCUT2D eigenvalue weighted by molar-refractivity contribution is 0.0956. The number of rotatable bonds is 6. The lowest BCUT2D eigenvalue weighted by atomic mass is 10.1. The molecule has 152 valence electrons. The standard InChI is InChI=1S/C22H27N5OS/c1-4-23-21(28)16-8-7-9-17(12-16)24-20-19-14(2)15(3)29-22(19)26-18(25-20)13-27-10-5-6-11-27/h7-9,12H,4-6,10-11,13H2,1-3H3,(H,23,28)(H,24,25,26). The summed E-state index contributed by atoms with van der Waals surface area (Å²) < 4.78 is 0. The van der Waals surface area contributed by atoms with Crippen molar-refractivity contribution in [2.75, 3.05) is 25.0 Å². The molecule has 0 unspecified atom stereocenters. The number of likely N-dealkylation sites (tertiary alicyclic amines) is 1. The molecular weight excluding hydrogens is 382 g/mol. The fourth-order valence-electron chi connectivity index (χ4n) is 3.73. The van der Waals surface area contributed by atoms with Gasteiger partial charge in [0.15, 0.2) is 0 Å². The first kappa shape index (κ1) is 19.8. The van der Waals surface area contributed by atoms with Gasteiger partial charge >= 0.3 is 0 Å². The third-order valence-corrected chi connectivity index (χ3v) is 6.46. The van der Waals surface area contributed by atoms with Gasteiger partial charge in [-0.3, -0.25) is 9.69 Å². The van der Waals surface area contributed by atoms with Gasteiger partial charge in [0.2, 0.25) is 0 Å². The predicted octanol–water partition coefficient (Wildman–Crippen LogP) is 4.40. The number of anilines is 2. The summed E-state index contributed by atoms with van der Waals surface area (Å²) in [4.78, 5) is 26.6. The first-order chi connectivity index (χ1) is 14.0. The Morgan fingerprint density at radius 1 is 1.21 bits per heavy atom. The number of fused-ring (bicyclic) bond motifs is 1. The van der Waals surface area contributed by atoms with Gasteiger partial charge in [-0.25, -0.2) is 9.97 Å². The maximum Gasteiger partial charge on any atom is 0.251 e. The number of aryl methyl sites for hydroxylation is 2. The van der Waals surface area contributed by atoms with Crippen molar-refractivity contribution in [2.24, 2.45) is 0 Å². The molecular formula is C22H27N5OS. The third kappa shape index (κ3) is 4.26. The number of benzene rings is 1. The van der Waals surface area contributed by atoms with E-state index >= 15 is 0 Å². The molecule has 29 heavy (non-hydrogen) atoms. The summed E-state index contributed by atoms with van der Waals surface area (Å²) in [6, 6.07) is 7.55. The van der Waals surface area contributed by atoms with Gasteiger partial charge in [0.1, 0.15) is 16.5 Å². The number of hydrogen-bond donors (Lipinski definition) is 2. The predicted molar refractivity (Wildman–Crippen MR) is 119 cm³/mol. The molecule has 3 heterocycles. The molecule has 4 rings (SSSR count).